The van der Waals surface area contributed by atoms with Crippen molar-refractivity contribution in [2.45, 2.75) is 32.6 Å². The van der Waals surface area contributed by atoms with Crippen LogP contribution in [0.25, 0.3) is 0 Å². The highest BCUT2D eigenvalue weighted by Crippen LogP contribution is 2.31. The van der Waals surface area contributed by atoms with Gasteiger partial charge < -0.3 is 4.74 Å². The van der Waals surface area contributed by atoms with Gasteiger partial charge in [0.15, 0.2) is 0 Å². The molecule has 0 saturated carbocycles. The topological polar surface area (TPSA) is 70.2 Å². The molecule has 0 radical (unpaired) electrons. The van der Waals surface area contributed by atoms with Crippen molar-refractivity contribution in [1.29, 1.82) is 0 Å². The lowest BCUT2D eigenvalue weighted by atomic mass is 10.2. The molecular formula is C8H11N3O3. The zero-order valence-electron chi connectivity index (χ0n) is 8.01. The quantitative estimate of drug-likeness (QED) is 0.502. The molecule has 1 aliphatic rings. The average molecular weight is 197 g/mol. The Morgan fingerprint density at radius 2 is 2.43 bits per heavy atom. The molecule has 1 unspecified atom stereocenters. The lowest BCUT2D eigenvalue weighted by molar-refractivity contribution is -0.386. The second-order valence-corrected chi connectivity index (χ2v) is 3.44. The van der Waals surface area contributed by atoms with Gasteiger partial charge in [-0.15, -0.1) is 0 Å². The SMILES string of the molecule is CC1O[C@H](C)Cn2ncc([N+](=O)[O-])c21. The standard InChI is InChI=1S/C8H11N3O3/c1-5-4-10-8(6(2)14-5)7(3-9-10)11(12)13/h3,5-6H,4H2,1-2H3/t5-,6?/m1/s1. The molecule has 1 aliphatic heterocycles. The fraction of sp³-hybridized carbons (Fsp3) is 0.625. The lowest BCUT2D eigenvalue weighted by Crippen LogP contribution is -2.27. The molecule has 76 valence electrons. The number of nitro groups is 1. The molecule has 0 amide bonds. The second kappa shape index (κ2) is 3.06. The summed E-state index contributed by atoms with van der Waals surface area (Å²) in [6, 6.07) is 0. The van der Waals surface area contributed by atoms with Gasteiger partial charge in [-0.25, -0.2) is 0 Å². The molecule has 14 heavy (non-hydrogen) atoms. The minimum Gasteiger partial charge on any atom is -0.367 e. The Bertz CT molecular complexity index is 374. The van der Waals surface area contributed by atoms with E-state index in [-0.39, 0.29) is 17.9 Å². The molecule has 0 aliphatic carbocycles. The van der Waals surface area contributed by atoms with Gasteiger partial charge in [0.25, 0.3) is 0 Å². The number of ether oxygens (including phenoxy) is 1. The van der Waals surface area contributed by atoms with Gasteiger partial charge in [0.2, 0.25) is 0 Å². The summed E-state index contributed by atoms with van der Waals surface area (Å²) in [7, 11) is 0. The summed E-state index contributed by atoms with van der Waals surface area (Å²) in [6.45, 7) is 4.30. The number of nitrogens with zero attached hydrogens (tertiary/aromatic N) is 3. The van der Waals surface area contributed by atoms with Crippen LogP contribution in [0, 0.1) is 10.1 Å². The maximum atomic E-state index is 10.7. The number of aromatic nitrogens is 2. The molecule has 0 bridgehead atoms. The smallest absolute Gasteiger partial charge is 0.312 e. The van der Waals surface area contributed by atoms with E-state index in [1.165, 1.54) is 6.20 Å². The van der Waals surface area contributed by atoms with Crippen LogP contribution in [0.1, 0.15) is 25.6 Å². The van der Waals surface area contributed by atoms with Crippen molar-refractivity contribution in [2.24, 2.45) is 0 Å². The van der Waals surface area contributed by atoms with Crippen LogP contribution >= 0.6 is 0 Å². The fourth-order valence-electron chi connectivity index (χ4n) is 1.79. The third-order valence-corrected chi connectivity index (χ3v) is 2.31. The average Bonchev–Trinajstić information content (AvgIpc) is 2.47. The van der Waals surface area contributed by atoms with Crippen LogP contribution in [0.3, 0.4) is 0 Å². The van der Waals surface area contributed by atoms with Crippen molar-refractivity contribution < 1.29 is 9.66 Å². The van der Waals surface area contributed by atoms with Crippen molar-refractivity contribution in [2.75, 3.05) is 0 Å². The van der Waals surface area contributed by atoms with Gasteiger partial charge in [0, 0.05) is 0 Å². The second-order valence-electron chi connectivity index (χ2n) is 3.44. The number of fused-ring (bicyclic) bond motifs is 1. The highest BCUT2D eigenvalue weighted by Gasteiger charge is 2.31. The zero-order valence-corrected chi connectivity index (χ0v) is 8.01. The lowest BCUT2D eigenvalue weighted by Gasteiger charge is -2.25. The molecule has 0 N–H and O–H groups in total. The van der Waals surface area contributed by atoms with E-state index in [4.69, 9.17) is 4.74 Å². The van der Waals surface area contributed by atoms with Crippen molar-refractivity contribution in [3.05, 3.63) is 22.0 Å². The fourth-order valence-corrected chi connectivity index (χ4v) is 1.79. The number of hydrogen-bond donors (Lipinski definition) is 0. The van der Waals surface area contributed by atoms with Gasteiger partial charge in [-0.1, -0.05) is 0 Å². The number of rotatable bonds is 1. The maximum absolute atomic E-state index is 10.7. The minimum atomic E-state index is -0.422. The first kappa shape index (κ1) is 9.14. The van der Waals surface area contributed by atoms with E-state index in [2.05, 4.69) is 5.10 Å². The monoisotopic (exact) mass is 197 g/mol. The van der Waals surface area contributed by atoms with Crippen molar-refractivity contribution >= 4 is 5.69 Å². The van der Waals surface area contributed by atoms with Gasteiger partial charge >= 0.3 is 5.69 Å². The Kier molecular flexibility index (Phi) is 1.99. The molecule has 1 aromatic heterocycles. The van der Waals surface area contributed by atoms with Crippen molar-refractivity contribution in [3.8, 4) is 0 Å². The van der Waals surface area contributed by atoms with Crippen molar-refractivity contribution in [3.63, 3.8) is 0 Å². The minimum absolute atomic E-state index is 0.0457. The van der Waals surface area contributed by atoms with E-state index in [9.17, 15) is 10.1 Å². The molecule has 0 saturated heterocycles. The van der Waals surface area contributed by atoms with Gasteiger partial charge in [0.1, 0.15) is 18.0 Å². The summed E-state index contributed by atoms with van der Waals surface area (Å²) in [5.41, 5.74) is 0.609. The Balaban J connectivity index is 2.46. The zero-order chi connectivity index (χ0) is 10.3. The Labute approximate surface area is 80.6 Å². The predicted molar refractivity (Wildman–Crippen MR) is 47.8 cm³/mol. The van der Waals surface area contributed by atoms with E-state index in [0.717, 1.165) is 0 Å². The van der Waals surface area contributed by atoms with Gasteiger partial charge in [0.05, 0.1) is 17.6 Å². The van der Waals surface area contributed by atoms with E-state index < -0.39 is 4.92 Å². The van der Waals surface area contributed by atoms with Crippen molar-refractivity contribution in [1.82, 2.24) is 9.78 Å². The molecule has 0 spiro atoms. The first-order chi connectivity index (χ1) is 6.59. The molecule has 0 aromatic carbocycles. The summed E-state index contributed by atoms with van der Waals surface area (Å²) in [6.07, 6.45) is 1.08. The van der Waals surface area contributed by atoms with Crippen LogP contribution in [0.5, 0.6) is 0 Å². The maximum Gasteiger partial charge on any atom is 0.312 e. The van der Waals surface area contributed by atoms with Crippen LogP contribution in [0.2, 0.25) is 0 Å². The largest absolute Gasteiger partial charge is 0.367 e. The van der Waals surface area contributed by atoms with Gasteiger partial charge in [-0.2, -0.15) is 5.10 Å². The van der Waals surface area contributed by atoms with Gasteiger partial charge in [-0.3, -0.25) is 14.8 Å². The highest BCUT2D eigenvalue weighted by atomic mass is 16.6. The van der Waals surface area contributed by atoms with Crippen LogP contribution in [-0.4, -0.2) is 20.8 Å². The molecule has 1 aromatic rings. The summed E-state index contributed by atoms with van der Waals surface area (Å²) in [5.74, 6) is 0. The molecule has 6 heteroatoms. The normalized spacial score (nSPS) is 25.9. The first-order valence-corrected chi connectivity index (χ1v) is 4.45. The Morgan fingerprint density at radius 1 is 1.71 bits per heavy atom. The highest BCUT2D eigenvalue weighted by molar-refractivity contribution is 5.35. The van der Waals surface area contributed by atoms with Crippen LogP contribution in [0.15, 0.2) is 6.20 Å². The van der Waals surface area contributed by atoms with E-state index in [0.29, 0.717) is 12.2 Å². The Hall–Kier alpha value is -1.43. The van der Waals surface area contributed by atoms with E-state index >= 15 is 0 Å². The van der Waals surface area contributed by atoms with Crippen LogP contribution < -0.4 is 0 Å². The predicted octanol–water partition coefficient (Wildman–Crippen LogP) is 1.27. The summed E-state index contributed by atoms with van der Waals surface area (Å²) in [5, 5.41) is 14.6. The van der Waals surface area contributed by atoms with Gasteiger partial charge in [-0.05, 0) is 13.8 Å². The third-order valence-electron chi connectivity index (χ3n) is 2.31. The summed E-state index contributed by atoms with van der Waals surface area (Å²) >= 11 is 0. The van der Waals surface area contributed by atoms with E-state index in [1.54, 1.807) is 11.6 Å². The first-order valence-electron chi connectivity index (χ1n) is 4.45. The third kappa shape index (κ3) is 1.27. The molecule has 6 nitrogen and oxygen atoms in total. The molecular weight excluding hydrogens is 186 g/mol. The van der Waals surface area contributed by atoms with Crippen LogP contribution in [-0.2, 0) is 11.3 Å². The molecule has 2 heterocycles. The Morgan fingerprint density at radius 3 is 3.07 bits per heavy atom. The molecule has 2 atom stereocenters. The summed E-state index contributed by atoms with van der Waals surface area (Å²) in [4.78, 5) is 10.2. The van der Waals surface area contributed by atoms with E-state index in [1.807, 2.05) is 6.92 Å². The van der Waals surface area contributed by atoms with Crippen LogP contribution in [0.4, 0.5) is 5.69 Å². The molecule has 2 rings (SSSR count). The summed E-state index contributed by atoms with van der Waals surface area (Å²) < 4.78 is 7.15. The number of hydrogen-bond acceptors (Lipinski definition) is 4. The molecule has 0 fully saturated rings.